The van der Waals surface area contributed by atoms with Crippen molar-refractivity contribution in [1.82, 2.24) is 9.29 Å². The normalized spacial score (nSPS) is 11.5. The van der Waals surface area contributed by atoms with Crippen LogP contribution in [0.3, 0.4) is 0 Å². The van der Waals surface area contributed by atoms with Crippen molar-refractivity contribution in [3.05, 3.63) is 45.9 Å². The molecule has 0 aliphatic carbocycles. The van der Waals surface area contributed by atoms with Crippen LogP contribution in [0.5, 0.6) is 0 Å². The maximum atomic E-state index is 12.4. The van der Waals surface area contributed by atoms with Crippen molar-refractivity contribution in [3.8, 4) is 6.07 Å². The summed E-state index contributed by atoms with van der Waals surface area (Å²) in [6.45, 7) is 1.95. The highest BCUT2D eigenvalue weighted by atomic mass is 32.2. The van der Waals surface area contributed by atoms with Crippen molar-refractivity contribution in [2.75, 3.05) is 7.05 Å². The molecular weight excluding hydrogens is 294 g/mol. The Hall–Kier alpha value is -1.75. The predicted octanol–water partition coefficient (Wildman–Crippen LogP) is 2.14. The van der Waals surface area contributed by atoms with Crippen molar-refractivity contribution in [2.45, 2.75) is 18.4 Å². The zero-order chi connectivity index (χ0) is 14.8. The average Bonchev–Trinajstić information content (AvgIpc) is 2.91. The molecular formula is C13H13N3O2S2. The van der Waals surface area contributed by atoms with Gasteiger partial charge in [-0.2, -0.15) is 9.57 Å². The lowest BCUT2D eigenvalue weighted by Gasteiger charge is -2.16. The Morgan fingerprint density at radius 2 is 2.20 bits per heavy atom. The van der Waals surface area contributed by atoms with Gasteiger partial charge in [0.25, 0.3) is 0 Å². The standard InChI is InChI=1S/C13H13N3O2S2/c1-10-5-13(4-3-11(10)6-14)20(17,18)16(2)7-12-8-19-9-15-12/h3-5,8-9H,7H2,1-2H3. The van der Waals surface area contributed by atoms with E-state index in [2.05, 4.69) is 4.98 Å². The molecule has 0 radical (unpaired) electrons. The third-order valence-corrected chi connectivity index (χ3v) is 5.33. The summed E-state index contributed by atoms with van der Waals surface area (Å²) in [6, 6.07) is 6.53. The van der Waals surface area contributed by atoms with Gasteiger partial charge in [0.05, 0.1) is 34.3 Å². The second-order valence-electron chi connectivity index (χ2n) is 4.33. The number of thiazole rings is 1. The fourth-order valence-electron chi connectivity index (χ4n) is 1.73. The lowest BCUT2D eigenvalue weighted by atomic mass is 10.1. The van der Waals surface area contributed by atoms with Gasteiger partial charge < -0.3 is 0 Å². The van der Waals surface area contributed by atoms with Crippen LogP contribution in [-0.2, 0) is 16.6 Å². The van der Waals surface area contributed by atoms with Crippen LogP contribution in [0.2, 0.25) is 0 Å². The minimum atomic E-state index is -3.57. The summed E-state index contributed by atoms with van der Waals surface area (Å²) in [7, 11) is -2.06. The topological polar surface area (TPSA) is 74.1 Å². The minimum absolute atomic E-state index is 0.187. The molecule has 0 fully saturated rings. The number of hydrogen-bond acceptors (Lipinski definition) is 5. The fraction of sp³-hybridized carbons (Fsp3) is 0.231. The zero-order valence-corrected chi connectivity index (χ0v) is 12.7. The van der Waals surface area contributed by atoms with Crippen molar-refractivity contribution >= 4 is 21.4 Å². The van der Waals surface area contributed by atoms with Gasteiger partial charge in [0.2, 0.25) is 10.0 Å². The van der Waals surface area contributed by atoms with Crippen molar-refractivity contribution in [2.24, 2.45) is 0 Å². The van der Waals surface area contributed by atoms with E-state index in [4.69, 9.17) is 5.26 Å². The van der Waals surface area contributed by atoms with Crippen LogP contribution in [0.4, 0.5) is 0 Å². The van der Waals surface area contributed by atoms with Gasteiger partial charge in [0.15, 0.2) is 0 Å². The Balaban J connectivity index is 2.30. The number of benzene rings is 1. The number of rotatable bonds is 4. The van der Waals surface area contributed by atoms with E-state index in [1.165, 1.54) is 40.9 Å². The molecule has 0 aliphatic rings. The summed E-state index contributed by atoms with van der Waals surface area (Å²) >= 11 is 1.43. The molecule has 0 bridgehead atoms. The highest BCUT2D eigenvalue weighted by Crippen LogP contribution is 2.19. The van der Waals surface area contributed by atoms with Crippen molar-refractivity contribution < 1.29 is 8.42 Å². The van der Waals surface area contributed by atoms with E-state index in [9.17, 15) is 8.42 Å². The second-order valence-corrected chi connectivity index (χ2v) is 7.09. The summed E-state index contributed by atoms with van der Waals surface area (Å²) < 4.78 is 26.1. The number of hydrogen-bond donors (Lipinski definition) is 0. The number of aryl methyl sites for hydroxylation is 1. The van der Waals surface area contributed by atoms with Gasteiger partial charge in [0.1, 0.15) is 0 Å². The first-order valence-corrected chi connectivity index (χ1v) is 8.17. The van der Waals surface area contributed by atoms with Gasteiger partial charge in [-0.15, -0.1) is 11.3 Å². The maximum Gasteiger partial charge on any atom is 0.243 e. The minimum Gasteiger partial charge on any atom is -0.248 e. The first kappa shape index (κ1) is 14.7. The van der Waals surface area contributed by atoms with E-state index in [0.717, 1.165) is 0 Å². The quantitative estimate of drug-likeness (QED) is 0.867. The molecule has 0 unspecified atom stereocenters. The smallest absolute Gasteiger partial charge is 0.243 e. The lowest BCUT2D eigenvalue weighted by Crippen LogP contribution is -2.26. The molecule has 0 aliphatic heterocycles. The molecule has 1 aromatic carbocycles. The van der Waals surface area contributed by atoms with Crippen LogP contribution < -0.4 is 0 Å². The van der Waals surface area contributed by atoms with Crippen LogP contribution in [0.15, 0.2) is 34.0 Å². The third kappa shape index (κ3) is 2.88. The Morgan fingerprint density at radius 3 is 2.75 bits per heavy atom. The van der Waals surface area contributed by atoms with Crippen molar-refractivity contribution in [3.63, 3.8) is 0 Å². The molecule has 20 heavy (non-hydrogen) atoms. The Bertz CT molecular complexity index is 746. The fourth-order valence-corrected chi connectivity index (χ4v) is 3.51. The van der Waals surface area contributed by atoms with E-state index in [-0.39, 0.29) is 11.4 Å². The van der Waals surface area contributed by atoms with Crippen molar-refractivity contribution in [1.29, 1.82) is 5.26 Å². The largest absolute Gasteiger partial charge is 0.248 e. The van der Waals surface area contributed by atoms with Crippen LogP contribution in [-0.4, -0.2) is 24.8 Å². The monoisotopic (exact) mass is 307 g/mol. The van der Waals surface area contributed by atoms with E-state index < -0.39 is 10.0 Å². The first-order chi connectivity index (χ1) is 9.45. The predicted molar refractivity (Wildman–Crippen MR) is 76.7 cm³/mol. The Morgan fingerprint density at radius 1 is 1.45 bits per heavy atom. The van der Waals surface area contributed by atoms with Gasteiger partial charge in [-0.3, -0.25) is 0 Å². The SMILES string of the molecule is Cc1cc(S(=O)(=O)N(C)Cc2cscn2)ccc1C#N. The van der Waals surface area contributed by atoms with E-state index in [0.29, 0.717) is 16.8 Å². The molecule has 2 rings (SSSR count). The Kier molecular flexibility index (Phi) is 4.18. The van der Waals surface area contributed by atoms with E-state index >= 15 is 0 Å². The molecule has 0 spiro atoms. The summed E-state index contributed by atoms with van der Waals surface area (Å²) in [5.41, 5.74) is 3.51. The summed E-state index contributed by atoms with van der Waals surface area (Å²) in [5.74, 6) is 0. The molecule has 104 valence electrons. The van der Waals surface area contributed by atoms with Crippen LogP contribution >= 0.6 is 11.3 Å². The van der Waals surface area contributed by atoms with Crippen LogP contribution in [0, 0.1) is 18.3 Å². The number of sulfonamides is 1. The summed E-state index contributed by atoms with van der Waals surface area (Å²) in [6.07, 6.45) is 0. The molecule has 0 saturated carbocycles. The molecule has 0 amide bonds. The Labute approximate surface area is 122 Å². The van der Waals surface area contributed by atoms with E-state index in [1.807, 2.05) is 11.4 Å². The highest BCUT2D eigenvalue weighted by Gasteiger charge is 2.22. The maximum absolute atomic E-state index is 12.4. The molecule has 0 atom stereocenters. The zero-order valence-electron chi connectivity index (χ0n) is 11.1. The molecule has 0 N–H and O–H groups in total. The average molecular weight is 307 g/mol. The first-order valence-electron chi connectivity index (χ1n) is 5.79. The lowest BCUT2D eigenvalue weighted by molar-refractivity contribution is 0.463. The molecule has 1 aromatic heterocycles. The molecule has 7 heteroatoms. The van der Waals surface area contributed by atoms with Gasteiger partial charge >= 0.3 is 0 Å². The van der Waals surface area contributed by atoms with Crippen LogP contribution in [0.1, 0.15) is 16.8 Å². The highest BCUT2D eigenvalue weighted by molar-refractivity contribution is 7.89. The third-order valence-electron chi connectivity index (χ3n) is 2.89. The summed E-state index contributed by atoms with van der Waals surface area (Å²) in [5, 5.41) is 10.7. The van der Waals surface area contributed by atoms with E-state index in [1.54, 1.807) is 12.4 Å². The van der Waals surface area contributed by atoms with Gasteiger partial charge in [0, 0.05) is 12.4 Å². The molecule has 0 saturated heterocycles. The molecule has 2 aromatic rings. The number of nitrogens with zero attached hydrogens (tertiary/aromatic N) is 3. The number of aromatic nitrogens is 1. The van der Waals surface area contributed by atoms with Gasteiger partial charge in [-0.25, -0.2) is 13.4 Å². The van der Waals surface area contributed by atoms with Gasteiger partial charge in [-0.05, 0) is 30.7 Å². The summed E-state index contributed by atoms with van der Waals surface area (Å²) in [4.78, 5) is 4.26. The van der Waals surface area contributed by atoms with Gasteiger partial charge in [-0.1, -0.05) is 0 Å². The number of nitriles is 1. The molecule has 1 heterocycles. The molecule has 5 nitrogen and oxygen atoms in total. The second kappa shape index (κ2) is 5.71. The van der Waals surface area contributed by atoms with Crippen LogP contribution in [0.25, 0.3) is 0 Å².